The summed E-state index contributed by atoms with van der Waals surface area (Å²) >= 11 is 0. The first-order valence-electron chi connectivity index (χ1n) is 6.55. The van der Waals surface area contributed by atoms with Crippen LogP contribution in [0, 0.1) is 17.0 Å². The fourth-order valence-electron chi connectivity index (χ4n) is 2.06. The number of rotatable bonds is 6. The molecule has 0 aliphatic rings. The SMILES string of the molecule is CC(C)CC(C)CC[N+]([O-])=Cc1ccc(O)cc1. The molecule has 100 valence electrons. The smallest absolute Gasteiger partial charge is 0.181 e. The van der Waals surface area contributed by atoms with Crippen LogP contribution >= 0.6 is 0 Å². The zero-order valence-electron chi connectivity index (χ0n) is 11.5. The van der Waals surface area contributed by atoms with Crippen molar-refractivity contribution in [3.63, 3.8) is 0 Å². The van der Waals surface area contributed by atoms with E-state index in [0.717, 1.165) is 23.1 Å². The Morgan fingerprint density at radius 2 is 1.83 bits per heavy atom. The third-order valence-corrected chi connectivity index (χ3v) is 2.90. The third-order valence-electron chi connectivity index (χ3n) is 2.90. The van der Waals surface area contributed by atoms with Gasteiger partial charge in [0.05, 0.1) is 0 Å². The second-order valence-corrected chi connectivity index (χ2v) is 5.38. The van der Waals surface area contributed by atoms with Crippen molar-refractivity contribution in [2.24, 2.45) is 11.8 Å². The molecule has 0 aliphatic heterocycles. The van der Waals surface area contributed by atoms with Crippen molar-refractivity contribution < 1.29 is 9.85 Å². The number of aromatic hydroxyl groups is 1. The van der Waals surface area contributed by atoms with Crippen LogP contribution in [-0.2, 0) is 0 Å². The molecule has 0 fully saturated rings. The van der Waals surface area contributed by atoms with Crippen LogP contribution in [0.25, 0.3) is 0 Å². The van der Waals surface area contributed by atoms with Gasteiger partial charge in [0.25, 0.3) is 0 Å². The van der Waals surface area contributed by atoms with Crippen LogP contribution < -0.4 is 0 Å². The number of hydroxylamine groups is 1. The van der Waals surface area contributed by atoms with Crippen molar-refractivity contribution in [1.29, 1.82) is 0 Å². The predicted molar refractivity (Wildman–Crippen MR) is 75.0 cm³/mol. The Morgan fingerprint density at radius 1 is 1.22 bits per heavy atom. The van der Waals surface area contributed by atoms with Gasteiger partial charge in [0.15, 0.2) is 12.8 Å². The average Bonchev–Trinajstić information content (AvgIpc) is 2.29. The summed E-state index contributed by atoms with van der Waals surface area (Å²) < 4.78 is 0.975. The maximum Gasteiger partial charge on any atom is 0.181 e. The van der Waals surface area contributed by atoms with Crippen molar-refractivity contribution in [1.82, 2.24) is 0 Å². The molecule has 1 N–H and O–H groups in total. The van der Waals surface area contributed by atoms with Gasteiger partial charge < -0.3 is 10.3 Å². The molecule has 1 rings (SSSR count). The quantitative estimate of drug-likeness (QED) is 0.363. The first kappa shape index (κ1) is 14.6. The van der Waals surface area contributed by atoms with Gasteiger partial charge in [-0.25, -0.2) is 4.74 Å². The van der Waals surface area contributed by atoms with Gasteiger partial charge in [0, 0.05) is 12.0 Å². The first-order valence-corrected chi connectivity index (χ1v) is 6.55. The van der Waals surface area contributed by atoms with E-state index >= 15 is 0 Å². The molecule has 1 aromatic rings. The van der Waals surface area contributed by atoms with Gasteiger partial charge in [0.2, 0.25) is 0 Å². The zero-order valence-corrected chi connectivity index (χ0v) is 11.5. The fraction of sp³-hybridized carbons (Fsp3) is 0.533. The molecule has 0 heterocycles. The topological polar surface area (TPSA) is 46.3 Å². The van der Waals surface area contributed by atoms with E-state index in [2.05, 4.69) is 20.8 Å². The number of nitrogens with zero attached hydrogens (tertiary/aromatic N) is 1. The van der Waals surface area contributed by atoms with Crippen molar-refractivity contribution in [3.8, 4) is 5.75 Å². The first-order chi connectivity index (χ1) is 8.47. The van der Waals surface area contributed by atoms with E-state index in [4.69, 9.17) is 5.11 Å². The lowest BCUT2D eigenvalue weighted by atomic mass is 9.96. The Kier molecular flexibility index (Phi) is 5.69. The maximum atomic E-state index is 11.7. The molecule has 0 bridgehead atoms. The number of phenolic OH excluding ortho intramolecular Hbond substituents is 1. The fourth-order valence-corrected chi connectivity index (χ4v) is 2.06. The molecule has 0 aliphatic carbocycles. The van der Waals surface area contributed by atoms with E-state index in [0.29, 0.717) is 18.4 Å². The summed E-state index contributed by atoms with van der Waals surface area (Å²) in [6, 6.07) is 6.64. The summed E-state index contributed by atoms with van der Waals surface area (Å²) in [7, 11) is 0. The summed E-state index contributed by atoms with van der Waals surface area (Å²) in [5, 5.41) is 20.8. The molecule has 1 atom stereocenters. The van der Waals surface area contributed by atoms with Crippen LogP contribution in [0.2, 0.25) is 0 Å². The molecule has 1 unspecified atom stereocenters. The van der Waals surface area contributed by atoms with Gasteiger partial charge in [-0.15, -0.1) is 0 Å². The third kappa shape index (κ3) is 5.71. The average molecular weight is 249 g/mol. The molecule has 18 heavy (non-hydrogen) atoms. The number of phenols is 1. The molecule has 3 nitrogen and oxygen atoms in total. The predicted octanol–water partition coefficient (Wildman–Crippen LogP) is 3.39. The van der Waals surface area contributed by atoms with Crippen molar-refractivity contribution in [2.45, 2.75) is 33.6 Å². The minimum Gasteiger partial charge on any atom is -0.624 e. The van der Waals surface area contributed by atoms with E-state index < -0.39 is 0 Å². The molecule has 0 saturated carbocycles. The molecule has 3 heteroatoms. The number of hydrogen-bond acceptors (Lipinski definition) is 2. The highest BCUT2D eigenvalue weighted by molar-refractivity contribution is 5.75. The van der Waals surface area contributed by atoms with Crippen LogP contribution in [0.15, 0.2) is 24.3 Å². The standard InChI is InChI=1S/C15H23NO2/c1-12(2)10-13(3)8-9-16(18)11-14-4-6-15(17)7-5-14/h4-7,11-13,17H,8-10H2,1-3H3. The maximum absolute atomic E-state index is 11.7. The van der Waals surface area contributed by atoms with Gasteiger partial charge in [-0.05, 0) is 42.5 Å². The minimum atomic E-state index is 0.218. The van der Waals surface area contributed by atoms with E-state index in [1.54, 1.807) is 30.5 Å². The zero-order chi connectivity index (χ0) is 13.5. The summed E-state index contributed by atoms with van der Waals surface area (Å²) in [4.78, 5) is 0. The Hall–Kier alpha value is -1.51. The van der Waals surface area contributed by atoms with Crippen molar-refractivity contribution in [3.05, 3.63) is 35.0 Å². The van der Waals surface area contributed by atoms with E-state index in [9.17, 15) is 5.21 Å². The Morgan fingerprint density at radius 3 is 2.39 bits per heavy atom. The van der Waals surface area contributed by atoms with Gasteiger partial charge in [-0.3, -0.25) is 0 Å². The summed E-state index contributed by atoms with van der Waals surface area (Å²) in [5.41, 5.74) is 0.819. The Labute approximate surface area is 109 Å². The summed E-state index contributed by atoms with van der Waals surface area (Å²) in [6.45, 7) is 7.12. The van der Waals surface area contributed by atoms with Crippen molar-refractivity contribution in [2.75, 3.05) is 6.54 Å². The second-order valence-electron chi connectivity index (χ2n) is 5.38. The summed E-state index contributed by atoms with van der Waals surface area (Å²) in [5.74, 6) is 1.48. The largest absolute Gasteiger partial charge is 0.624 e. The monoisotopic (exact) mass is 249 g/mol. The van der Waals surface area contributed by atoms with Crippen LogP contribution in [0.1, 0.15) is 39.2 Å². The van der Waals surface area contributed by atoms with E-state index in [-0.39, 0.29) is 5.75 Å². The van der Waals surface area contributed by atoms with Gasteiger partial charge in [-0.1, -0.05) is 20.8 Å². The van der Waals surface area contributed by atoms with Gasteiger partial charge in [0.1, 0.15) is 5.75 Å². The lowest BCUT2D eigenvalue weighted by Gasteiger charge is -2.13. The number of hydrogen-bond donors (Lipinski definition) is 1. The van der Waals surface area contributed by atoms with Gasteiger partial charge in [-0.2, -0.15) is 0 Å². The van der Waals surface area contributed by atoms with Gasteiger partial charge >= 0.3 is 0 Å². The molecule has 1 aromatic carbocycles. The lowest BCUT2D eigenvalue weighted by Crippen LogP contribution is -2.12. The highest BCUT2D eigenvalue weighted by Crippen LogP contribution is 2.14. The van der Waals surface area contributed by atoms with E-state index in [1.165, 1.54) is 0 Å². The van der Waals surface area contributed by atoms with Crippen LogP contribution in [-0.4, -0.2) is 22.6 Å². The van der Waals surface area contributed by atoms with Crippen LogP contribution in [0.3, 0.4) is 0 Å². The summed E-state index contributed by atoms with van der Waals surface area (Å²) in [6.07, 6.45) is 3.64. The lowest BCUT2D eigenvalue weighted by molar-refractivity contribution is -0.454. The Bertz CT molecular complexity index is 382. The molecule has 0 spiro atoms. The molecular weight excluding hydrogens is 226 g/mol. The highest BCUT2D eigenvalue weighted by atomic mass is 16.5. The molecule has 0 radical (unpaired) electrons. The highest BCUT2D eigenvalue weighted by Gasteiger charge is 2.07. The normalized spacial score (nSPS) is 13.9. The number of benzene rings is 1. The molecular formula is C15H23NO2. The van der Waals surface area contributed by atoms with Crippen molar-refractivity contribution >= 4 is 6.21 Å². The van der Waals surface area contributed by atoms with Crippen LogP contribution in [0.5, 0.6) is 5.75 Å². The molecule has 0 amide bonds. The second kappa shape index (κ2) is 7.04. The Balaban J connectivity index is 2.45. The van der Waals surface area contributed by atoms with E-state index in [1.807, 2.05) is 0 Å². The molecule has 0 saturated heterocycles. The minimum absolute atomic E-state index is 0.218. The molecule has 0 aromatic heterocycles. The van der Waals surface area contributed by atoms with Crippen LogP contribution in [0.4, 0.5) is 0 Å².